The van der Waals surface area contributed by atoms with Gasteiger partial charge in [-0.05, 0) is 62.4 Å². The molecular formula is C26H36N2O4. The minimum absolute atomic E-state index is 0.0603. The van der Waals surface area contributed by atoms with Gasteiger partial charge < -0.3 is 19.7 Å². The number of carbonyl (C=O) groups excluding carboxylic acids is 2. The Hall–Kier alpha value is -3.02. The van der Waals surface area contributed by atoms with Crippen molar-refractivity contribution in [3.05, 3.63) is 59.2 Å². The lowest BCUT2D eigenvalue weighted by atomic mass is 10.0. The first kappa shape index (κ1) is 25.2. The average molecular weight is 441 g/mol. The molecule has 6 nitrogen and oxygen atoms in total. The Morgan fingerprint density at radius 2 is 1.72 bits per heavy atom. The lowest BCUT2D eigenvalue weighted by Gasteiger charge is -2.30. The fraction of sp³-hybridized carbons (Fsp3) is 0.462. The topological polar surface area (TPSA) is 67.9 Å². The number of methoxy groups -OCH3 is 2. The number of hydrogen-bond donors (Lipinski definition) is 1. The van der Waals surface area contributed by atoms with E-state index in [1.807, 2.05) is 63.2 Å². The third-order valence-electron chi connectivity index (χ3n) is 5.85. The first-order valence-corrected chi connectivity index (χ1v) is 11.2. The van der Waals surface area contributed by atoms with Gasteiger partial charge in [0.05, 0.1) is 14.2 Å². The monoisotopic (exact) mass is 440 g/mol. The second-order valence-corrected chi connectivity index (χ2v) is 8.13. The van der Waals surface area contributed by atoms with Gasteiger partial charge in [-0.3, -0.25) is 9.59 Å². The van der Waals surface area contributed by atoms with Crippen LogP contribution in [0.1, 0.15) is 50.3 Å². The molecule has 174 valence electrons. The Bertz CT molecular complexity index is 912. The zero-order chi connectivity index (χ0) is 23.7. The van der Waals surface area contributed by atoms with Gasteiger partial charge in [0.2, 0.25) is 11.8 Å². The number of nitrogens with one attached hydrogen (secondary N) is 1. The summed E-state index contributed by atoms with van der Waals surface area (Å²) in [5.41, 5.74) is 3.11. The third-order valence-corrected chi connectivity index (χ3v) is 5.85. The molecule has 0 aromatic heterocycles. The Morgan fingerprint density at radius 1 is 1.03 bits per heavy atom. The summed E-state index contributed by atoms with van der Waals surface area (Å²) < 4.78 is 10.7. The fourth-order valence-electron chi connectivity index (χ4n) is 3.45. The molecule has 0 spiro atoms. The summed E-state index contributed by atoms with van der Waals surface area (Å²) in [6, 6.07) is 13.1. The molecule has 2 aromatic rings. The molecule has 2 atom stereocenters. The summed E-state index contributed by atoms with van der Waals surface area (Å²) in [5, 5.41) is 3.00. The van der Waals surface area contributed by atoms with Gasteiger partial charge in [-0.1, -0.05) is 37.3 Å². The van der Waals surface area contributed by atoms with Gasteiger partial charge in [-0.2, -0.15) is 0 Å². The SMILES string of the molecule is CC[C@H](C)NC(=O)[C@H](C)N(Cc1ccccc1C)C(=O)CCc1ccc(OC)c(OC)c1. The van der Waals surface area contributed by atoms with E-state index in [1.165, 1.54) is 0 Å². The molecule has 0 heterocycles. The molecule has 1 N–H and O–H groups in total. The molecule has 2 aromatic carbocycles. The molecule has 0 aliphatic carbocycles. The Balaban J connectivity index is 2.19. The molecule has 0 fully saturated rings. The number of aryl methyl sites for hydroxylation is 2. The summed E-state index contributed by atoms with van der Waals surface area (Å²) in [5.74, 6) is 1.09. The van der Waals surface area contributed by atoms with Crippen LogP contribution in [0.25, 0.3) is 0 Å². The van der Waals surface area contributed by atoms with Crippen LogP contribution in [0.2, 0.25) is 0 Å². The molecule has 0 saturated heterocycles. The van der Waals surface area contributed by atoms with E-state index < -0.39 is 6.04 Å². The van der Waals surface area contributed by atoms with E-state index in [9.17, 15) is 9.59 Å². The van der Waals surface area contributed by atoms with E-state index in [0.717, 1.165) is 23.1 Å². The summed E-state index contributed by atoms with van der Waals surface area (Å²) in [4.78, 5) is 27.8. The molecule has 6 heteroatoms. The van der Waals surface area contributed by atoms with Crippen LogP contribution in [-0.2, 0) is 22.6 Å². The quantitative estimate of drug-likeness (QED) is 0.566. The fourth-order valence-corrected chi connectivity index (χ4v) is 3.45. The van der Waals surface area contributed by atoms with Crippen molar-refractivity contribution >= 4 is 11.8 Å². The van der Waals surface area contributed by atoms with Gasteiger partial charge >= 0.3 is 0 Å². The van der Waals surface area contributed by atoms with Crippen molar-refractivity contribution in [3.8, 4) is 11.5 Å². The number of carbonyl (C=O) groups is 2. The lowest BCUT2D eigenvalue weighted by molar-refractivity contribution is -0.140. The minimum atomic E-state index is -0.568. The first-order chi connectivity index (χ1) is 15.3. The Morgan fingerprint density at radius 3 is 2.34 bits per heavy atom. The van der Waals surface area contributed by atoms with Gasteiger partial charge in [0.1, 0.15) is 6.04 Å². The zero-order valence-corrected chi connectivity index (χ0v) is 20.1. The Labute approximate surface area is 191 Å². The molecule has 2 amide bonds. The third kappa shape index (κ3) is 6.74. The molecule has 0 saturated carbocycles. The van der Waals surface area contributed by atoms with Crippen molar-refractivity contribution < 1.29 is 19.1 Å². The summed E-state index contributed by atoms with van der Waals surface area (Å²) in [6.45, 7) is 8.20. The molecule has 2 rings (SSSR count). The van der Waals surface area contributed by atoms with Crippen LogP contribution < -0.4 is 14.8 Å². The zero-order valence-electron chi connectivity index (χ0n) is 20.1. The highest BCUT2D eigenvalue weighted by Crippen LogP contribution is 2.28. The lowest BCUT2D eigenvalue weighted by Crippen LogP contribution is -2.49. The van der Waals surface area contributed by atoms with Crippen molar-refractivity contribution in [1.29, 1.82) is 0 Å². The summed E-state index contributed by atoms with van der Waals surface area (Å²) in [6.07, 6.45) is 1.68. The van der Waals surface area contributed by atoms with Crippen LogP contribution in [0, 0.1) is 6.92 Å². The number of rotatable bonds is 11. The van der Waals surface area contributed by atoms with E-state index >= 15 is 0 Å². The highest BCUT2D eigenvalue weighted by atomic mass is 16.5. The van der Waals surface area contributed by atoms with Crippen LogP contribution in [0.5, 0.6) is 11.5 Å². The number of ether oxygens (including phenoxy) is 2. The highest BCUT2D eigenvalue weighted by molar-refractivity contribution is 5.87. The van der Waals surface area contributed by atoms with Gasteiger partial charge in [-0.15, -0.1) is 0 Å². The molecule has 0 unspecified atom stereocenters. The van der Waals surface area contributed by atoms with E-state index in [0.29, 0.717) is 30.9 Å². The van der Waals surface area contributed by atoms with E-state index in [4.69, 9.17) is 9.47 Å². The minimum Gasteiger partial charge on any atom is -0.493 e. The maximum absolute atomic E-state index is 13.3. The number of benzene rings is 2. The van der Waals surface area contributed by atoms with Crippen LogP contribution in [0.3, 0.4) is 0 Å². The smallest absolute Gasteiger partial charge is 0.242 e. The predicted octanol–water partition coefficient (Wildman–Crippen LogP) is 4.28. The number of hydrogen-bond acceptors (Lipinski definition) is 4. The highest BCUT2D eigenvalue weighted by Gasteiger charge is 2.27. The number of amides is 2. The first-order valence-electron chi connectivity index (χ1n) is 11.2. The number of nitrogens with zero attached hydrogens (tertiary/aromatic N) is 1. The van der Waals surface area contributed by atoms with E-state index in [1.54, 1.807) is 26.0 Å². The van der Waals surface area contributed by atoms with E-state index in [-0.39, 0.29) is 17.9 Å². The van der Waals surface area contributed by atoms with Crippen LogP contribution in [0.4, 0.5) is 0 Å². The van der Waals surface area contributed by atoms with Gasteiger partial charge in [0.15, 0.2) is 11.5 Å². The molecular weight excluding hydrogens is 404 g/mol. The van der Waals surface area contributed by atoms with Crippen LogP contribution in [0.15, 0.2) is 42.5 Å². The standard InChI is InChI=1S/C26H36N2O4/c1-7-19(3)27-26(30)20(4)28(17-22-11-9-8-10-18(22)2)25(29)15-13-21-12-14-23(31-5)24(16-21)32-6/h8-12,14,16,19-20H,7,13,15,17H2,1-6H3,(H,27,30)/t19-,20-/m0/s1. The molecule has 0 radical (unpaired) electrons. The summed E-state index contributed by atoms with van der Waals surface area (Å²) >= 11 is 0. The van der Waals surface area contributed by atoms with Gasteiger partial charge in [0, 0.05) is 19.0 Å². The van der Waals surface area contributed by atoms with Crippen LogP contribution in [-0.4, -0.2) is 43.0 Å². The molecule has 32 heavy (non-hydrogen) atoms. The molecule has 0 aliphatic rings. The average Bonchev–Trinajstić information content (AvgIpc) is 2.81. The molecule has 0 bridgehead atoms. The Kier molecular flexibility index (Phi) is 9.57. The second kappa shape index (κ2) is 12.1. The van der Waals surface area contributed by atoms with Crippen molar-refractivity contribution in [2.24, 2.45) is 0 Å². The van der Waals surface area contributed by atoms with Crippen molar-refractivity contribution in [1.82, 2.24) is 10.2 Å². The van der Waals surface area contributed by atoms with Gasteiger partial charge in [-0.25, -0.2) is 0 Å². The maximum Gasteiger partial charge on any atom is 0.242 e. The second-order valence-electron chi connectivity index (χ2n) is 8.13. The van der Waals surface area contributed by atoms with Crippen molar-refractivity contribution in [3.63, 3.8) is 0 Å². The maximum atomic E-state index is 13.3. The van der Waals surface area contributed by atoms with Crippen LogP contribution >= 0.6 is 0 Å². The van der Waals surface area contributed by atoms with Crippen molar-refractivity contribution in [2.75, 3.05) is 14.2 Å². The van der Waals surface area contributed by atoms with Gasteiger partial charge in [0.25, 0.3) is 0 Å². The normalized spacial score (nSPS) is 12.6. The predicted molar refractivity (Wildman–Crippen MR) is 127 cm³/mol. The summed E-state index contributed by atoms with van der Waals surface area (Å²) in [7, 11) is 3.19. The van der Waals surface area contributed by atoms with Crippen molar-refractivity contribution in [2.45, 2.75) is 65.6 Å². The largest absolute Gasteiger partial charge is 0.493 e. The van der Waals surface area contributed by atoms with E-state index in [2.05, 4.69) is 5.32 Å². The molecule has 0 aliphatic heterocycles.